The summed E-state index contributed by atoms with van der Waals surface area (Å²) in [5.41, 5.74) is 6.74. The minimum absolute atomic E-state index is 1.09. The van der Waals surface area contributed by atoms with Gasteiger partial charge in [0.25, 0.3) is 0 Å². The van der Waals surface area contributed by atoms with Gasteiger partial charge in [0.2, 0.25) is 0 Å². The van der Waals surface area contributed by atoms with Gasteiger partial charge in [0.05, 0.1) is 0 Å². The van der Waals surface area contributed by atoms with E-state index in [2.05, 4.69) is 46.4 Å². The van der Waals surface area contributed by atoms with Crippen molar-refractivity contribution in [2.75, 3.05) is 0 Å². The summed E-state index contributed by atoms with van der Waals surface area (Å²) in [6.07, 6.45) is 1.09. The van der Waals surface area contributed by atoms with E-state index in [0.717, 1.165) is 6.42 Å². The van der Waals surface area contributed by atoms with Crippen LogP contribution >= 0.6 is 0 Å². The van der Waals surface area contributed by atoms with Gasteiger partial charge in [-0.25, -0.2) is 0 Å². The molecule has 70 valence electrons. The maximum absolute atomic E-state index is 4.00. The summed E-state index contributed by atoms with van der Waals surface area (Å²) in [4.78, 5) is 0. The normalized spacial score (nSPS) is 10.2. The number of allylic oxidation sites excluding steroid dienone is 1. The average Bonchev–Trinajstić information content (AvgIpc) is 2.09. The van der Waals surface area contributed by atoms with E-state index in [1.54, 1.807) is 0 Å². The van der Waals surface area contributed by atoms with Crippen molar-refractivity contribution in [3.63, 3.8) is 0 Å². The van der Waals surface area contributed by atoms with Crippen LogP contribution in [-0.2, 0) is 6.42 Å². The zero-order valence-electron chi connectivity index (χ0n) is 9.07. The fourth-order valence-electron chi connectivity index (χ4n) is 1.73. The molecule has 0 saturated heterocycles. The summed E-state index contributed by atoms with van der Waals surface area (Å²) in [6.45, 7) is 12.6. The van der Waals surface area contributed by atoms with E-state index in [9.17, 15) is 0 Å². The van der Waals surface area contributed by atoms with Crippen molar-refractivity contribution in [3.05, 3.63) is 41.0 Å². The van der Waals surface area contributed by atoms with Crippen LogP contribution in [0.25, 0.3) is 5.57 Å². The van der Waals surface area contributed by atoms with E-state index in [1.165, 1.54) is 27.8 Å². The highest BCUT2D eigenvalue weighted by Gasteiger charge is 2.05. The Morgan fingerprint density at radius 2 is 1.92 bits per heavy atom. The molecule has 0 bridgehead atoms. The van der Waals surface area contributed by atoms with Crippen molar-refractivity contribution in [2.45, 2.75) is 34.1 Å². The maximum atomic E-state index is 4.00. The zero-order chi connectivity index (χ0) is 10.0. The Hall–Kier alpha value is -1.04. The summed E-state index contributed by atoms with van der Waals surface area (Å²) in [7, 11) is 0. The standard InChI is InChI=1S/C13H18/c1-6-12-11(5)10(4)7-8-13(12)9(2)3/h7-8H,2,6H2,1,3-5H3. The first-order valence-electron chi connectivity index (χ1n) is 4.82. The number of benzene rings is 1. The molecule has 0 aromatic heterocycles. The SMILES string of the molecule is C=C(C)c1ccc(C)c(C)c1CC. The highest BCUT2D eigenvalue weighted by atomic mass is 14.1. The molecule has 0 aliphatic rings. The lowest BCUT2D eigenvalue weighted by Crippen LogP contribution is -1.96. The van der Waals surface area contributed by atoms with Crippen molar-refractivity contribution < 1.29 is 0 Å². The van der Waals surface area contributed by atoms with Crippen molar-refractivity contribution in [1.82, 2.24) is 0 Å². The maximum Gasteiger partial charge on any atom is -0.0198 e. The van der Waals surface area contributed by atoms with E-state index < -0.39 is 0 Å². The fraction of sp³-hybridized carbons (Fsp3) is 0.385. The molecule has 0 saturated carbocycles. The molecule has 0 aliphatic carbocycles. The summed E-state index contributed by atoms with van der Waals surface area (Å²) >= 11 is 0. The number of hydrogen-bond donors (Lipinski definition) is 0. The van der Waals surface area contributed by atoms with Crippen molar-refractivity contribution in [1.29, 1.82) is 0 Å². The summed E-state index contributed by atoms with van der Waals surface area (Å²) in [5, 5.41) is 0. The lowest BCUT2D eigenvalue weighted by molar-refractivity contribution is 1.08. The Balaban J connectivity index is 3.38. The van der Waals surface area contributed by atoms with Crippen LogP contribution in [0.2, 0.25) is 0 Å². The van der Waals surface area contributed by atoms with Crippen LogP contribution in [0.5, 0.6) is 0 Å². The van der Waals surface area contributed by atoms with E-state index in [-0.39, 0.29) is 0 Å². The smallest absolute Gasteiger partial charge is 0.0198 e. The molecule has 1 rings (SSSR count). The Kier molecular flexibility index (Phi) is 2.92. The van der Waals surface area contributed by atoms with Gasteiger partial charge in [-0.05, 0) is 49.4 Å². The molecule has 0 heteroatoms. The van der Waals surface area contributed by atoms with Crippen molar-refractivity contribution in [2.24, 2.45) is 0 Å². The third-order valence-electron chi connectivity index (χ3n) is 2.68. The summed E-state index contributed by atoms with van der Waals surface area (Å²) in [5.74, 6) is 0. The van der Waals surface area contributed by atoms with Gasteiger partial charge in [0.15, 0.2) is 0 Å². The second-order valence-corrected chi connectivity index (χ2v) is 3.67. The third kappa shape index (κ3) is 1.82. The van der Waals surface area contributed by atoms with Gasteiger partial charge in [-0.2, -0.15) is 0 Å². The van der Waals surface area contributed by atoms with Crippen LogP contribution in [0.15, 0.2) is 18.7 Å². The van der Waals surface area contributed by atoms with E-state index in [0.29, 0.717) is 0 Å². The van der Waals surface area contributed by atoms with Crippen LogP contribution < -0.4 is 0 Å². The van der Waals surface area contributed by atoms with E-state index in [1.807, 2.05) is 0 Å². The number of hydrogen-bond acceptors (Lipinski definition) is 0. The number of rotatable bonds is 2. The first kappa shape index (κ1) is 10.0. The monoisotopic (exact) mass is 174 g/mol. The van der Waals surface area contributed by atoms with Crippen LogP contribution in [0, 0.1) is 13.8 Å². The van der Waals surface area contributed by atoms with Crippen molar-refractivity contribution in [3.8, 4) is 0 Å². The molecule has 0 spiro atoms. The molecule has 0 unspecified atom stereocenters. The Bertz CT molecular complexity index is 332. The van der Waals surface area contributed by atoms with Gasteiger partial charge >= 0.3 is 0 Å². The second kappa shape index (κ2) is 3.78. The largest absolute Gasteiger partial charge is 0.0955 e. The molecular weight excluding hydrogens is 156 g/mol. The molecule has 0 heterocycles. The highest BCUT2D eigenvalue weighted by molar-refractivity contribution is 5.66. The van der Waals surface area contributed by atoms with Gasteiger partial charge in [-0.15, -0.1) is 0 Å². The molecule has 0 amide bonds. The third-order valence-corrected chi connectivity index (χ3v) is 2.68. The zero-order valence-corrected chi connectivity index (χ0v) is 9.07. The van der Waals surface area contributed by atoms with Gasteiger partial charge < -0.3 is 0 Å². The predicted molar refractivity (Wildman–Crippen MR) is 60.0 cm³/mol. The van der Waals surface area contributed by atoms with Gasteiger partial charge in [0, 0.05) is 0 Å². The summed E-state index contributed by atoms with van der Waals surface area (Å²) in [6, 6.07) is 4.36. The minimum Gasteiger partial charge on any atom is -0.0955 e. The van der Waals surface area contributed by atoms with Gasteiger partial charge in [0.1, 0.15) is 0 Å². The van der Waals surface area contributed by atoms with Crippen molar-refractivity contribution >= 4 is 5.57 Å². The first-order valence-corrected chi connectivity index (χ1v) is 4.82. The molecule has 0 N–H and O–H groups in total. The molecule has 0 atom stereocenters. The second-order valence-electron chi connectivity index (χ2n) is 3.67. The van der Waals surface area contributed by atoms with E-state index in [4.69, 9.17) is 0 Å². The molecule has 1 aromatic carbocycles. The molecule has 1 aromatic rings. The lowest BCUT2D eigenvalue weighted by atomic mass is 9.93. The molecule has 0 nitrogen and oxygen atoms in total. The topological polar surface area (TPSA) is 0 Å². The van der Waals surface area contributed by atoms with Crippen LogP contribution in [0.1, 0.15) is 36.1 Å². The quantitative estimate of drug-likeness (QED) is 0.638. The average molecular weight is 174 g/mol. The molecule has 0 radical (unpaired) electrons. The van der Waals surface area contributed by atoms with Gasteiger partial charge in [-0.3, -0.25) is 0 Å². The van der Waals surface area contributed by atoms with Gasteiger partial charge in [-0.1, -0.05) is 31.2 Å². The van der Waals surface area contributed by atoms with Crippen LogP contribution in [-0.4, -0.2) is 0 Å². The molecule has 0 fully saturated rings. The minimum atomic E-state index is 1.09. The Morgan fingerprint density at radius 1 is 1.31 bits per heavy atom. The molecule has 13 heavy (non-hydrogen) atoms. The molecule has 0 aliphatic heterocycles. The molecular formula is C13H18. The predicted octanol–water partition coefficient (Wildman–Crippen LogP) is 3.90. The van der Waals surface area contributed by atoms with Crippen LogP contribution in [0.4, 0.5) is 0 Å². The highest BCUT2D eigenvalue weighted by Crippen LogP contribution is 2.23. The summed E-state index contributed by atoms with van der Waals surface area (Å²) < 4.78 is 0. The number of aryl methyl sites for hydroxylation is 1. The Labute approximate surface area is 81.3 Å². The lowest BCUT2D eigenvalue weighted by Gasteiger charge is -2.12. The first-order chi connectivity index (χ1) is 6.07. The fourth-order valence-corrected chi connectivity index (χ4v) is 1.73. The Morgan fingerprint density at radius 3 is 2.38 bits per heavy atom. The van der Waals surface area contributed by atoms with E-state index >= 15 is 0 Å². The van der Waals surface area contributed by atoms with Crippen LogP contribution in [0.3, 0.4) is 0 Å².